The average molecular weight is 437 g/mol. The van der Waals surface area contributed by atoms with Crippen LogP contribution in [0.2, 0.25) is 0 Å². The van der Waals surface area contributed by atoms with Crippen molar-refractivity contribution in [1.29, 1.82) is 5.26 Å². The van der Waals surface area contributed by atoms with Crippen molar-refractivity contribution < 1.29 is 14.6 Å². The molecule has 0 radical (unpaired) electrons. The maximum absolute atomic E-state index is 11.7. The number of thiophene rings is 1. The lowest BCUT2D eigenvalue weighted by atomic mass is 10.1. The number of anilines is 1. The number of hydrogen-bond donors (Lipinski definition) is 1. The Labute approximate surface area is 188 Å². The van der Waals surface area contributed by atoms with Gasteiger partial charge >= 0.3 is 5.97 Å². The lowest BCUT2D eigenvalue weighted by Crippen LogP contribution is -2.18. The normalized spacial score (nSPS) is 10.7. The summed E-state index contributed by atoms with van der Waals surface area (Å²) in [6.07, 6.45) is 5.71. The Morgan fingerprint density at radius 3 is 2.55 bits per heavy atom. The molecule has 2 aromatic rings. The summed E-state index contributed by atoms with van der Waals surface area (Å²) in [5.41, 5.74) is 2.06. The van der Waals surface area contributed by atoms with E-state index in [4.69, 9.17) is 15.1 Å². The number of nitrogens with zero attached hydrogens (tertiary/aromatic N) is 2. The topological polar surface area (TPSA) is 73.6 Å². The molecule has 0 bridgehead atoms. The van der Waals surface area contributed by atoms with Crippen LogP contribution in [0.5, 0.6) is 0 Å². The number of unbranched alkanes of at least 4 members (excludes halogenated alkanes) is 3. The summed E-state index contributed by atoms with van der Waals surface area (Å²) in [5.74, 6) is 5.68. The molecule has 0 unspecified atom stereocenters. The van der Waals surface area contributed by atoms with Gasteiger partial charge in [-0.25, -0.2) is 4.79 Å². The summed E-state index contributed by atoms with van der Waals surface area (Å²) in [5, 5.41) is 18.0. The number of carbonyl (C=O) groups is 1. The first-order chi connectivity index (χ1) is 15.1. The lowest BCUT2D eigenvalue weighted by molar-refractivity contribution is -0.137. The second-order valence-electron chi connectivity index (χ2n) is 6.95. The van der Waals surface area contributed by atoms with Crippen molar-refractivity contribution in [1.82, 2.24) is 0 Å². The van der Waals surface area contributed by atoms with Crippen LogP contribution in [0.1, 0.15) is 47.9 Å². The van der Waals surface area contributed by atoms with Gasteiger partial charge in [0, 0.05) is 36.3 Å². The SMILES string of the molecule is CCOC(=O)/C(C#N)=C/c1ccc(C#Cc2ccc(N(C)CCCCCCO)cc2)s1. The van der Waals surface area contributed by atoms with Gasteiger partial charge in [0.25, 0.3) is 0 Å². The number of carbonyl (C=O) groups excluding carboxylic acids is 1. The molecule has 1 N–H and O–H groups in total. The van der Waals surface area contributed by atoms with Gasteiger partial charge in [0.1, 0.15) is 11.6 Å². The van der Waals surface area contributed by atoms with Crippen LogP contribution >= 0.6 is 11.3 Å². The highest BCUT2D eigenvalue weighted by Crippen LogP contribution is 2.20. The van der Waals surface area contributed by atoms with Crippen molar-refractivity contribution in [2.24, 2.45) is 0 Å². The maximum atomic E-state index is 11.7. The van der Waals surface area contributed by atoms with Crippen LogP contribution < -0.4 is 4.90 Å². The molecule has 31 heavy (non-hydrogen) atoms. The smallest absolute Gasteiger partial charge is 0.348 e. The molecular weight excluding hydrogens is 408 g/mol. The number of benzene rings is 1. The summed E-state index contributed by atoms with van der Waals surface area (Å²) >= 11 is 1.42. The number of aliphatic hydroxyl groups is 1. The van der Waals surface area contributed by atoms with E-state index in [-0.39, 0.29) is 18.8 Å². The molecule has 0 aliphatic heterocycles. The standard InChI is InChI=1S/C25H28N2O3S/c1-3-30-25(29)21(19-26)18-24-15-14-23(31-24)13-10-20-8-11-22(12-9-20)27(2)16-6-4-5-7-17-28/h8-9,11-12,14-15,18,28H,3-7,16-17H2,1-2H3/b21-18+. The first kappa shape index (κ1) is 24.2. The van der Waals surface area contributed by atoms with Crippen molar-refractivity contribution in [3.63, 3.8) is 0 Å². The Bertz CT molecular complexity index is 975. The van der Waals surface area contributed by atoms with Crippen molar-refractivity contribution in [2.75, 3.05) is 31.7 Å². The zero-order valence-corrected chi connectivity index (χ0v) is 18.9. The van der Waals surface area contributed by atoms with E-state index in [2.05, 4.69) is 35.9 Å². The van der Waals surface area contributed by atoms with Gasteiger partial charge < -0.3 is 14.7 Å². The Morgan fingerprint density at radius 1 is 1.13 bits per heavy atom. The Balaban J connectivity index is 1.96. The number of rotatable bonds is 10. The van der Waals surface area contributed by atoms with Crippen LogP contribution in [-0.4, -0.2) is 37.9 Å². The van der Waals surface area contributed by atoms with E-state index in [0.717, 1.165) is 53.2 Å². The molecule has 0 fully saturated rings. The van der Waals surface area contributed by atoms with E-state index in [0.29, 0.717) is 0 Å². The number of aliphatic hydroxyl groups excluding tert-OH is 1. The van der Waals surface area contributed by atoms with Gasteiger partial charge in [0.2, 0.25) is 0 Å². The molecule has 0 aliphatic carbocycles. The molecule has 0 saturated heterocycles. The average Bonchev–Trinajstić information content (AvgIpc) is 3.23. The molecule has 2 rings (SSSR count). The van der Waals surface area contributed by atoms with Crippen molar-refractivity contribution in [3.8, 4) is 17.9 Å². The zero-order valence-electron chi connectivity index (χ0n) is 18.1. The van der Waals surface area contributed by atoms with E-state index in [1.54, 1.807) is 6.92 Å². The van der Waals surface area contributed by atoms with Gasteiger partial charge in [0.15, 0.2) is 0 Å². The third-order valence-corrected chi connectivity index (χ3v) is 5.52. The van der Waals surface area contributed by atoms with Gasteiger partial charge in [-0.05, 0) is 62.2 Å². The monoisotopic (exact) mass is 436 g/mol. The van der Waals surface area contributed by atoms with Crippen LogP contribution in [0.25, 0.3) is 6.08 Å². The van der Waals surface area contributed by atoms with Gasteiger partial charge in [-0.15, -0.1) is 11.3 Å². The number of esters is 1. The van der Waals surface area contributed by atoms with Gasteiger partial charge in [-0.2, -0.15) is 5.26 Å². The highest BCUT2D eigenvalue weighted by molar-refractivity contribution is 7.13. The highest BCUT2D eigenvalue weighted by atomic mass is 32.1. The Kier molecular flexibility index (Phi) is 10.4. The van der Waals surface area contributed by atoms with Crippen LogP contribution in [0, 0.1) is 23.2 Å². The summed E-state index contributed by atoms with van der Waals surface area (Å²) < 4.78 is 4.88. The molecule has 0 saturated carbocycles. The first-order valence-corrected chi connectivity index (χ1v) is 11.2. The van der Waals surface area contributed by atoms with Crippen molar-refractivity contribution >= 4 is 29.1 Å². The summed E-state index contributed by atoms with van der Waals surface area (Å²) in [4.78, 5) is 15.6. The van der Waals surface area contributed by atoms with Crippen LogP contribution in [-0.2, 0) is 9.53 Å². The molecule has 162 valence electrons. The van der Waals surface area contributed by atoms with E-state index in [1.165, 1.54) is 17.4 Å². The number of ether oxygens (including phenoxy) is 1. The Morgan fingerprint density at radius 2 is 1.87 bits per heavy atom. The molecule has 0 spiro atoms. The summed E-state index contributed by atoms with van der Waals surface area (Å²) in [6.45, 7) is 3.20. The summed E-state index contributed by atoms with van der Waals surface area (Å²) in [7, 11) is 2.08. The lowest BCUT2D eigenvalue weighted by Gasteiger charge is -2.19. The molecular formula is C25H28N2O3S. The fourth-order valence-corrected chi connectivity index (χ4v) is 3.67. The molecule has 6 heteroatoms. The highest BCUT2D eigenvalue weighted by Gasteiger charge is 2.10. The van der Waals surface area contributed by atoms with E-state index in [9.17, 15) is 4.79 Å². The molecule has 1 aromatic carbocycles. The minimum absolute atomic E-state index is 0.0173. The molecule has 5 nitrogen and oxygen atoms in total. The fourth-order valence-electron chi connectivity index (χ4n) is 2.86. The second-order valence-corrected chi connectivity index (χ2v) is 8.06. The van der Waals surface area contributed by atoms with E-state index >= 15 is 0 Å². The second kappa shape index (κ2) is 13.3. The third-order valence-electron chi connectivity index (χ3n) is 4.57. The number of nitriles is 1. The van der Waals surface area contributed by atoms with Gasteiger partial charge in [-0.3, -0.25) is 0 Å². The van der Waals surface area contributed by atoms with Gasteiger partial charge in [-0.1, -0.05) is 24.7 Å². The van der Waals surface area contributed by atoms with Crippen LogP contribution in [0.15, 0.2) is 42.0 Å². The largest absolute Gasteiger partial charge is 0.462 e. The predicted octanol–water partition coefficient (Wildman–Crippen LogP) is 4.61. The maximum Gasteiger partial charge on any atom is 0.348 e. The molecule has 0 amide bonds. The number of hydrogen-bond acceptors (Lipinski definition) is 6. The first-order valence-electron chi connectivity index (χ1n) is 10.4. The van der Waals surface area contributed by atoms with Crippen molar-refractivity contribution in [2.45, 2.75) is 32.6 Å². The van der Waals surface area contributed by atoms with Gasteiger partial charge in [0.05, 0.1) is 11.5 Å². The van der Waals surface area contributed by atoms with E-state index in [1.807, 2.05) is 30.3 Å². The molecule has 1 heterocycles. The summed E-state index contributed by atoms with van der Waals surface area (Å²) in [6, 6.07) is 13.7. The zero-order chi connectivity index (χ0) is 22.5. The van der Waals surface area contributed by atoms with E-state index < -0.39 is 5.97 Å². The van der Waals surface area contributed by atoms with Crippen LogP contribution in [0.4, 0.5) is 5.69 Å². The minimum atomic E-state index is -0.610. The minimum Gasteiger partial charge on any atom is -0.462 e. The molecule has 0 aliphatic rings. The predicted molar refractivity (Wildman–Crippen MR) is 126 cm³/mol. The third kappa shape index (κ3) is 8.30. The van der Waals surface area contributed by atoms with Crippen molar-refractivity contribution in [3.05, 3.63) is 57.3 Å². The fraction of sp³-hybridized carbons (Fsp3) is 0.360. The molecule has 1 aromatic heterocycles. The quantitative estimate of drug-likeness (QED) is 0.194. The molecule has 0 atom stereocenters. The Hall–Kier alpha value is -3.06. The van der Waals surface area contributed by atoms with Crippen LogP contribution in [0.3, 0.4) is 0 Å².